The van der Waals surface area contributed by atoms with Crippen LogP contribution in [0.2, 0.25) is 10.0 Å². The van der Waals surface area contributed by atoms with Gasteiger partial charge in [-0.1, -0.05) is 82.1 Å². The minimum absolute atomic E-state index is 0.0363. The lowest BCUT2D eigenvalue weighted by Crippen LogP contribution is -2.23. The highest BCUT2D eigenvalue weighted by atomic mass is 35.5. The van der Waals surface area contributed by atoms with Crippen molar-refractivity contribution in [2.24, 2.45) is 0 Å². The summed E-state index contributed by atoms with van der Waals surface area (Å²) in [7, 11) is 0. The number of rotatable bonds is 3. The average molecular weight is 349 g/mol. The molecule has 0 heterocycles. The second kappa shape index (κ2) is 6.49. The van der Waals surface area contributed by atoms with Crippen molar-refractivity contribution in [1.82, 2.24) is 0 Å². The Labute approximate surface area is 150 Å². The van der Waals surface area contributed by atoms with Crippen LogP contribution in [-0.2, 0) is 17.3 Å². The van der Waals surface area contributed by atoms with Crippen LogP contribution >= 0.6 is 23.2 Å². The minimum Gasteiger partial charge on any atom is -0.0840 e. The van der Waals surface area contributed by atoms with Crippen LogP contribution in [0.25, 0.3) is 0 Å². The van der Waals surface area contributed by atoms with E-state index in [0.29, 0.717) is 0 Å². The van der Waals surface area contributed by atoms with Crippen LogP contribution in [0.1, 0.15) is 56.9 Å². The lowest BCUT2D eigenvalue weighted by Gasteiger charge is -2.29. The summed E-state index contributed by atoms with van der Waals surface area (Å²) in [5.74, 6) is 0. The fourth-order valence-electron chi connectivity index (χ4n) is 3.34. The van der Waals surface area contributed by atoms with Crippen LogP contribution in [-0.4, -0.2) is 0 Å². The SMILES string of the molecule is Cc1cccc(Cl)c1C(C)(C)Cc1ccc(Cl)c(C(C)(C)C)c1. The Morgan fingerprint density at radius 2 is 1.52 bits per heavy atom. The maximum absolute atomic E-state index is 6.49. The summed E-state index contributed by atoms with van der Waals surface area (Å²) in [5.41, 5.74) is 4.97. The van der Waals surface area contributed by atoms with Crippen LogP contribution in [0, 0.1) is 6.92 Å². The van der Waals surface area contributed by atoms with Gasteiger partial charge < -0.3 is 0 Å². The van der Waals surface area contributed by atoms with Crippen LogP contribution in [0.3, 0.4) is 0 Å². The van der Waals surface area contributed by atoms with Crippen molar-refractivity contribution in [3.8, 4) is 0 Å². The molecule has 0 fully saturated rings. The Kier molecular flexibility index (Phi) is 5.18. The molecule has 0 atom stereocenters. The molecule has 23 heavy (non-hydrogen) atoms. The highest BCUT2D eigenvalue weighted by molar-refractivity contribution is 6.31. The van der Waals surface area contributed by atoms with Crippen molar-refractivity contribution in [2.45, 2.75) is 58.8 Å². The molecular weight excluding hydrogens is 323 g/mol. The molecule has 0 amide bonds. The maximum atomic E-state index is 6.49. The van der Waals surface area contributed by atoms with E-state index in [0.717, 1.165) is 16.5 Å². The van der Waals surface area contributed by atoms with Crippen molar-refractivity contribution >= 4 is 23.2 Å². The van der Waals surface area contributed by atoms with Crippen molar-refractivity contribution in [1.29, 1.82) is 0 Å². The van der Waals surface area contributed by atoms with E-state index in [1.807, 2.05) is 18.2 Å². The summed E-state index contributed by atoms with van der Waals surface area (Å²) in [6.07, 6.45) is 0.928. The Hall–Kier alpha value is -0.980. The molecule has 0 saturated heterocycles. The molecule has 0 aromatic heterocycles. The van der Waals surface area contributed by atoms with Crippen molar-refractivity contribution in [2.75, 3.05) is 0 Å². The number of hydrogen-bond acceptors (Lipinski definition) is 0. The first-order valence-corrected chi connectivity index (χ1v) is 8.82. The smallest absolute Gasteiger partial charge is 0.0446 e. The summed E-state index contributed by atoms with van der Waals surface area (Å²) in [4.78, 5) is 0. The van der Waals surface area contributed by atoms with Crippen LogP contribution in [0.4, 0.5) is 0 Å². The summed E-state index contributed by atoms with van der Waals surface area (Å²) in [5, 5.41) is 1.69. The van der Waals surface area contributed by atoms with Crippen LogP contribution < -0.4 is 0 Å². The van der Waals surface area contributed by atoms with E-state index in [4.69, 9.17) is 23.2 Å². The summed E-state index contributed by atoms with van der Waals surface area (Å²) in [6.45, 7) is 13.2. The first kappa shape index (κ1) is 18.4. The third-order valence-corrected chi connectivity index (χ3v) is 5.03. The van der Waals surface area contributed by atoms with E-state index in [9.17, 15) is 0 Å². The van der Waals surface area contributed by atoms with Gasteiger partial charge in [-0.25, -0.2) is 0 Å². The van der Waals surface area contributed by atoms with E-state index in [2.05, 4.69) is 59.7 Å². The van der Waals surface area contributed by atoms with Crippen molar-refractivity contribution in [3.05, 3.63) is 68.7 Å². The van der Waals surface area contributed by atoms with Gasteiger partial charge in [0, 0.05) is 10.0 Å². The second-order valence-corrected chi connectivity index (χ2v) is 8.87. The van der Waals surface area contributed by atoms with E-state index >= 15 is 0 Å². The minimum atomic E-state index is -0.0363. The first-order chi connectivity index (χ1) is 10.5. The zero-order valence-electron chi connectivity index (χ0n) is 14.9. The van der Waals surface area contributed by atoms with Crippen molar-refractivity contribution < 1.29 is 0 Å². The van der Waals surface area contributed by atoms with E-state index in [1.165, 1.54) is 22.3 Å². The highest BCUT2D eigenvalue weighted by Gasteiger charge is 2.26. The zero-order chi connectivity index (χ0) is 17.4. The number of benzene rings is 2. The topological polar surface area (TPSA) is 0 Å². The van der Waals surface area contributed by atoms with Gasteiger partial charge in [-0.05, 0) is 58.6 Å². The fourth-order valence-corrected chi connectivity index (χ4v) is 4.22. The molecule has 2 aromatic rings. The van der Waals surface area contributed by atoms with Crippen molar-refractivity contribution in [3.63, 3.8) is 0 Å². The molecule has 0 spiro atoms. The van der Waals surface area contributed by atoms with Gasteiger partial charge in [-0.2, -0.15) is 0 Å². The maximum Gasteiger partial charge on any atom is 0.0446 e. The van der Waals surface area contributed by atoms with Gasteiger partial charge in [-0.3, -0.25) is 0 Å². The normalized spacial score (nSPS) is 12.5. The Morgan fingerprint density at radius 1 is 0.870 bits per heavy atom. The molecule has 0 nitrogen and oxygen atoms in total. The monoisotopic (exact) mass is 348 g/mol. The third kappa shape index (κ3) is 4.11. The lowest BCUT2D eigenvalue weighted by atomic mass is 9.76. The largest absolute Gasteiger partial charge is 0.0840 e. The van der Waals surface area contributed by atoms with Gasteiger partial charge >= 0.3 is 0 Å². The molecule has 2 heteroatoms. The van der Waals surface area contributed by atoms with Gasteiger partial charge in [-0.15, -0.1) is 0 Å². The molecule has 2 aromatic carbocycles. The van der Waals surface area contributed by atoms with E-state index in [1.54, 1.807) is 0 Å². The molecule has 0 bridgehead atoms. The van der Waals surface area contributed by atoms with Gasteiger partial charge in [0.2, 0.25) is 0 Å². The van der Waals surface area contributed by atoms with Crippen LogP contribution in [0.5, 0.6) is 0 Å². The Bertz CT molecular complexity index is 686. The standard InChI is InChI=1S/C21H26Cl2/c1-14-8-7-9-18(23)19(14)21(5,6)13-15-10-11-17(22)16(12-15)20(2,3)4/h7-12H,13H2,1-6H3. The van der Waals surface area contributed by atoms with Gasteiger partial charge in [0.1, 0.15) is 0 Å². The van der Waals surface area contributed by atoms with E-state index < -0.39 is 0 Å². The summed E-state index contributed by atoms with van der Waals surface area (Å²) < 4.78 is 0. The summed E-state index contributed by atoms with van der Waals surface area (Å²) in [6, 6.07) is 12.5. The van der Waals surface area contributed by atoms with Gasteiger partial charge in [0.25, 0.3) is 0 Å². The lowest BCUT2D eigenvalue weighted by molar-refractivity contribution is 0.517. The quantitative estimate of drug-likeness (QED) is 0.553. The van der Waals surface area contributed by atoms with E-state index in [-0.39, 0.29) is 10.8 Å². The Morgan fingerprint density at radius 3 is 2.09 bits per heavy atom. The number of aryl methyl sites for hydroxylation is 1. The molecule has 0 aliphatic heterocycles. The summed E-state index contributed by atoms with van der Waals surface area (Å²) >= 11 is 12.9. The predicted octanol–water partition coefficient (Wildman–Crippen LogP) is 7.12. The zero-order valence-corrected chi connectivity index (χ0v) is 16.4. The highest BCUT2D eigenvalue weighted by Crippen LogP contribution is 2.37. The molecule has 0 unspecified atom stereocenters. The predicted molar refractivity (Wildman–Crippen MR) is 103 cm³/mol. The molecule has 0 aliphatic rings. The van der Waals surface area contributed by atoms with Gasteiger partial charge in [0.05, 0.1) is 0 Å². The molecule has 0 aliphatic carbocycles. The molecule has 0 N–H and O–H groups in total. The average Bonchev–Trinajstić information content (AvgIpc) is 2.39. The Balaban J connectivity index is 2.42. The van der Waals surface area contributed by atoms with Gasteiger partial charge in [0.15, 0.2) is 0 Å². The number of hydrogen-bond donors (Lipinski definition) is 0. The fraction of sp³-hybridized carbons (Fsp3) is 0.429. The number of halogens is 2. The molecular formula is C21H26Cl2. The molecule has 0 saturated carbocycles. The second-order valence-electron chi connectivity index (χ2n) is 8.06. The third-order valence-electron chi connectivity index (χ3n) is 4.38. The first-order valence-electron chi connectivity index (χ1n) is 8.07. The molecule has 124 valence electrons. The van der Waals surface area contributed by atoms with Crippen LogP contribution in [0.15, 0.2) is 36.4 Å². The molecule has 2 rings (SSSR count). The molecule has 0 radical (unpaired) electrons.